The van der Waals surface area contributed by atoms with Gasteiger partial charge >= 0.3 is 17.6 Å². The fourth-order valence-electron chi connectivity index (χ4n) is 1.91. The van der Waals surface area contributed by atoms with E-state index in [-0.39, 0.29) is 30.7 Å². The first-order valence-electron chi connectivity index (χ1n) is 7.06. The topological polar surface area (TPSA) is 147 Å². The van der Waals surface area contributed by atoms with Crippen molar-refractivity contribution in [2.45, 2.75) is 25.5 Å². The number of carbonyl (C=O) groups excluding carboxylic acids is 3. The van der Waals surface area contributed by atoms with Crippen molar-refractivity contribution in [3.05, 3.63) is 44.8 Å². The van der Waals surface area contributed by atoms with Gasteiger partial charge in [0.2, 0.25) is 5.91 Å². The van der Waals surface area contributed by atoms with Gasteiger partial charge < -0.3 is 19.8 Å². The summed E-state index contributed by atoms with van der Waals surface area (Å²) in [7, 11) is 0. The van der Waals surface area contributed by atoms with E-state index >= 15 is 0 Å². The van der Waals surface area contributed by atoms with Crippen LogP contribution in [-0.2, 0) is 30.5 Å². The number of rotatable bonds is 6. The highest BCUT2D eigenvalue weighted by atomic mass is 16.5. The number of carbonyl (C=O) groups is 3. The van der Waals surface area contributed by atoms with Crippen molar-refractivity contribution in [2.24, 2.45) is 0 Å². The largest absolute Gasteiger partial charge is 0.460 e. The van der Waals surface area contributed by atoms with Crippen molar-refractivity contribution in [3.63, 3.8) is 0 Å². The number of nitrogens with one attached hydrogen (secondary N) is 3. The molecule has 2 rings (SSSR count). The maximum atomic E-state index is 11.4. The van der Waals surface area contributed by atoms with E-state index in [1.807, 2.05) is 4.98 Å². The second kappa shape index (κ2) is 7.90. The maximum absolute atomic E-state index is 11.4. The van der Waals surface area contributed by atoms with E-state index < -0.39 is 23.2 Å². The van der Waals surface area contributed by atoms with Crippen molar-refractivity contribution in [2.75, 3.05) is 6.61 Å². The summed E-state index contributed by atoms with van der Waals surface area (Å²) in [5.74, 6) is -1.70. The molecular formula is C14H15N3O7. The predicted octanol–water partition coefficient (Wildman–Crippen LogP) is -1.52. The molecule has 0 radical (unpaired) electrons. The number of esters is 2. The standard InChI is InChI=1S/C14H15N3O7/c18-10-2-1-9(16-10)7-24-12(20)4-3-11(19)23-6-8-5-15-14(22)17-13(8)21/h3-5,9H,1-2,6-7H2,(H,16,18)(H2,15,17,21,22)/b4-3+. The highest BCUT2D eigenvalue weighted by Gasteiger charge is 2.21. The van der Waals surface area contributed by atoms with Crippen LogP contribution in [0, 0.1) is 0 Å². The van der Waals surface area contributed by atoms with Crippen LogP contribution in [0.1, 0.15) is 18.4 Å². The third-order valence-electron chi connectivity index (χ3n) is 3.13. The Morgan fingerprint density at radius 3 is 2.50 bits per heavy atom. The molecule has 1 atom stereocenters. The number of amides is 1. The van der Waals surface area contributed by atoms with E-state index in [9.17, 15) is 24.0 Å². The maximum Gasteiger partial charge on any atom is 0.331 e. The molecule has 1 amide bonds. The molecule has 0 saturated carbocycles. The summed E-state index contributed by atoms with van der Waals surface area (Å²) >= 11 is 0. The van der Waals surface area contributed by atoms with Gasteiger partial charge in [-0.3, -0.25) is 14.6 Å². The summed E-state index contributed by atoms with van der Waals surface area (Å²) in [4.78, 5) is 60.3. The molecule has 1 aliphatic rings. The number of H-pyrrole nitrogens is 2. The van der Waals surface area contributed by atoms with E-state index in [4.69, 9.17) is 9.47 Å². The monoisotopic (exact) mass is 337 g/mol. The fraction of sp³-hybridized carbons (Fsp3) is 0.357. The molecule has 1 fully saturated rings. The minimum absolute atomic E-state index is 0.0245. The number of aromatic nitrogens is 2. The van der Waals surface area contributed by atoms with Crippen LogP contribution < -0.4 is 16.6 Å². The van der Waals surface area contributed by atoms with Crippen LogP contribution in [0.15, 0.2) is 27.9 Å². The first-order valence-corrected chi connectivity index (χ1v) is 7.06. The first-order chi connectivity index (χ1) is 11.4. The molecular weight excluding hydrogens is 322 g/mol. The Morgan fingerprint density at radius 2 is 1.88 bits per heavy atom. The van der Waals surface area contributed by atoms with Gasteiger partial charge in [-0.2, -0.15) is 0 Å². The van der Waals surface area contributed by atoms with Crippen LogP contribution in [0.4, 0.5) is 0 Å². The van der Waals surface area contributed by atoms with Crippen LogP contribution in [0.5, 0.6) is 0 Å². The smallest absolute Gasteiger partial charge is 0.331 e. The molecule has 1 aromatic rings. The summed E-state index contributed by atoms with van der Waals surface area (Å²) in [6.07, 6.45) is 3.85. The molecule has 1 saturated heterocycles. The van der Waals surface area contributed by atoms with Crippen LogP contribution in [0.25, 0.3) is 0 Å². The highest BCUT2D eigenvalue weighted by Crippen LogP contribution is 2.06. The van der Waals surface area contributed by atoms with Crippen molar-refractivity contribution in [3.8, 4) is 0 Å². The van der Waals surface area contributed by atoms with Crippen LogP contribution in [0.3, 0.4) is 0 Å². The van der Waals surface area contributed by atoms with Gasteiger partial charge in [-0.1, -0.05) is 0 Å². The van der Waals surface area contributed by atoms with Gasteiger partial charge in [0.1, 0.15) is 13.2 Å². The molecule has 1 aliphatic heterocycles. The Balaban J connectivity index is 1.73. The Hall–Kier alpha value is -3.17. The van der Waals surface area contributed by atoms with Gasteiger partial charge in [0, 0.05) is 24.8 Å². The Kier molecular flexibility index (Phi) is 5.66. The van der Waals surface area contributed by atoms with Gasteiger partial charge in [-0.05, 0) is 6.42 Å². The lowest BCUT2D eigenvalue weighted by Gasteiger charge is -2.08. The molecule has 0 aromatic carbocycles. The molecule has 0 spiro atoms. The summed E-state index contributed by atoms with van der Waals surface area (Å²) < 4.78 is 9.64. The Morgan fingerprint density at radius 1 is 1.17 bits per heavy atom. The van der Waals surface area contributed by atoms with Gasteiger partial charge in [-0.25, -0.2) is 14.4 Å². The molecule has 1 aromatic heterocycles. The van der Waals surface area contributed by atoms with Gasteiger partial charge in [0.05, 0.1) is 11.6 Å². The predicted molar refractivity (Wildman–Crippen MR) is 78.7 cm³/mol. The summed E-state index contributed by atoms with van der Waals surface area (Å²) in [6.45, 7) is -0.338. The van der Waals surface area contributed by atoms with E-state index in [2.05, 4.69) is 10.3 Å². The molecule has 0 aliphatic carbocycles. The molecule has 0 bridgehead atoms. The van der Waals surface area contributed by atoms with Crippen LogP contribution in [-0.4, -0.2) is 40.5 Å². The van der Waals surface area contributed by atoms with Crippen molar-refractivity contribution in [1.82, 2.24) is 15.3 Å². The lowest BCUT2D eigenvalue weighted by molar-refractivity contribution is -0.141. The fourth-order valence-corrected chi connectivity index (χ4v) is 1.91. The van der Waals surface area contributed by atoms with E-state index in [0.29, 0.717) is 12.8 Å². The zero-order valence-corrected chi connectivity index (χ0v) is 12.5. The molecule has 10 nitrogen and oxygen atoms in total. The summed E-state index contributed by atoms with van der Waals surface area (Å²) in [5.41, 5.74) is -1.29. The zero-order chi connectivity index (χ0) is 17.5. The normalized spacial score (nSPS) is 16.8. The lowest BCUT2D eigenvalue weighted by atomic mass is 10.2. The van der Waals surface area contributed by atoms with E-state index in [0.717, 1.165) is 18.3 Å². The van der Waals surface area contributed by atoms with Crippen molar-refractivity contribution < 1.29 is 23.9 Å². The quantitative estimate of drug-likeness (QED) is 0.422. The molecule has 10 heteroatoms. The van der Waals surface area contributed by atoms with Gasteiger partial charge in [0.15, 0.2) is 0 Å². The van der Waals surface area contributed by atoms with E-state index in [1.165, 1.54) is 0 Å². The number of ether oxygens (including phenoxy) is 2. The van der Waals surface area contributed by atoms with Gasteiger partial charge in [-0.15, -0.1) is 0 Å². The first kappa shape index (κ1) is 17.2. The molecule has 1 unspecified atom stereocenters. The number of hydrogen-bond donors (Lipinski definition) is 3. The zero-order valence-electron chi connectivity index (χ0n) is 12.5. The second-order valence-electron chi connectivity index (χ2n) is 4.97. The van der Waals surface area contributed by atoms with Gasteiger partial charge in [0.25, 0.3) is 5.56 Å². The average Bonchev–Trinajstić information content (AvgIpc) is 2.95. The minimum Gasteiger partial charge on any atom is -0.460 e. The summed E-state index contributed by atoms with van der Waals surface area (Å²) in [5, 5.41) is 2.63. The number of aromatic amines is 2. The second-order valence-corrected chi connectivity index (χ2v) is 4.97. The third-order valence-corrected chi connectivity index (χ3v) is 3.13. The van der Waals surface area contributed by atoms with Crippen LogP contribution >= 0.6 is 0 Å². The minimum atomic E-state index is -0.855. The summed E-state index contributed by atoms with van der Waals surface area (Å²) in [6, 6.07) is -0.214. The van der Waals surface area contributed by atoms with Crippen LogP contribution in [0.2, 0.25) is 0 Å². The van der Waals surface area contributed by atoms with E-state index in [1.54, 1.807) is 0 Å². The average molecular weight is 337 g/mol. The van der Waals surface area contributed by atoms with Crippen molar-refractivity contribution >= 4 is 17.8 Å². The third kappa shape index (κ3) is 5.23. The number of hydrogen-bond acceptors (Lipinski definition) is 7. The Labute approximate surface area is 134 Å². The molecule has 2 heterocycles. The SMILES string of the molecule is O=C1CCC(COC(=O)/C=C/C(=O)OCc2c[nH]c(=O)[nH]c2=O)N1. The molecule has 128 valence electrons. The van der Waals surface area contributed by atoms with Crippen molar-refractivity contribution in [1.29, 1.82) is 0 Å². The lowest BCUT2D eigenvalue weighted by Crippen LogP contribution is -2.30. The Bertz CT molecular complexity index is 777. The molecule has 3 N–H and O–H groups in total. The highest BCUT2D eigenvalue weighted by molar-refractivity contribution is 5.91. The molecule has 24 heavy (non-hydrogen) atoms.